The fourth-order valence-corrected chi connectivity index (χ4v) is 4.31. The van der Waals surface area contributed by atoms with Crippen LogP contribution < -0.4 is 15.0 Å². The summed E-state index contributed by atoms with van der Waals surface area (Å²) in [7, 11) is 0. The summed E-state index contributed by atoms with van der Waals surface area (Å²) in [6.45, 7) is 2.22. The van der Waals surface area contributed by atoms with E-state index in [9.17, 15) is 14.4 Å². The van der Waals surface area contributed by atoms with Crippen LogP contribution in [0.3, 0.4) is 0 Å². The van der Waals surface area contributed by atoms with Crippen molar-refractivity contribution >= 4 is 28.8 Å². The largest absolute Gasteiger partial charge is 0.468 e. The van der Waals surface area contributed by atoms with E-state index in [-0.39, 0.29) is 34.8 Å². The molecule has 1 aliphatic carbocycles. The molecule has 0 spiro atoms. The fourth-order valence-electron chi connectivity index (χ4n) is 4.31. The van der Waals surface area contributed by atoms with Crippen molar-refractivity contribution in [2.75, 3.05) is 16.8 Å². The summed E-state index contributed by atoms with van der Waals surface area (Å²) in [5.41, 5.74) is 2.39. The van der Waals surface area contributed by atoms with Crippen molar-refractivity contribution in [3.05, 3.63) is 52.6 Å². The average Bonchev–Trinajstić information content (AvgIpc) is 3.03. The molecular formula is C21H18N2O4. The molecule has 6 heteroatoms. The number of fused-ring (bicyclic) bond motifs is 6. The number of ketones is 2. The summed E-state index contributed by atoms with van der Waals surface area (Å²) < 4.78 is 6.14. The third-order valence-corrected chi connectivity index (χ3v) is 5.45. The van der Waals surface area contributed by atoms with Gasteiger partial charge in [-0.3, -0.25) is 14.4 Å². The number of rotatable bonds is 1. The topological polar surface area (TPSA) is 75.7 Å². The maximum atomic E-state index is 13.3. The molecular weight excluding hydrogens is 344 g/mol. The summed E-state index contributed by atoms with van der Waals surface area (Å²) in [6.07, 6.45) is 2.86. The molecule has 0 bridgehead atoms. The molecule has 3 aliphatic rings. The molecule has 136 valence electrons. The predicted octanol–water partition coefficient (Wildman–Crippen LogP) is 3.13. The third kappa shape index (κ3) is 2.22. The second kappa shape index (κ2) is 5.67. The molecule has 2 aromatic rings. The summed E-state index contributed by atoms with van der Waals surface area (Å²) in [4.78, 5) is 40.4. The Hall–Kier alpha value is -3.15. The number of carbonyl (C=O) groups excluding carboxylic acids is 3. The number of carbonyl (C=O) groups is 3. The first kappa shape index (κ1) is 16.1. The molecule has 1 amide bonds. The molecule has 1 fully saturated rings. The van der Waals surface area contributed by atoms with Gasteiger partial charge in [-0.25, -0.2) is 0 Å². The predicted molar refractivity (Wildman–Crippen MR) is 99.7 cm³/mol. The number of piperidine rings is 1. The number of amides is 1. The highest BCUT2D eigenvalue weighted by molar-refractivity contribution is 6.32. The Bertz CT molecular complexity index is 1030. The molecule has 1 N–H and O–H groups in total. The molecule has 6 nitrogen and oxygen atoms in total. The number of hydrogen-bond donors (Lipinski definition) is 1. The Kier molecular flexibility index (Phi) is 3.37. The lowest BCUT2D eigenvalue weighted by Crippen LogP contribution is -2.38. The zero-order valence-electron chi connectivity index (χ0n) is 14.9. The van der Waals surface area contributed by atoms with Crippen molar-refractivity contribution < 1.29 is 19.1 Å². The van der Waals surface area contributed by atoms with Crippen LogP contribution in [0.15, 0.2) is 30.3 Å². The third-order valence-electron chi connectivity index (χ3n) is 5.45. The molecule has 2 aromatic carbocycles. The van der Waals surface area contributed by atoms with E-state index in [1.54, 1.807) is 30.3 Å². The molecule has 1 atom stereocenters. The second-order valence-corrected chi connectivity index (χ2v) is 7.17. The molecule has 2 aliphatic heterocycles. The van der Waals surface area contributed by atoms with Crippen LogP contribution in [-0.2, 0) is 4.79 Å². The van der Waals surface area contributed by atoms with Crippen LogP contribution in [0.1, 0.15) is 58.0 Å². The number of nitrogens with zero attached hydrogens (tertiary/aromatic N) is 1. The van der Waals surface area contributed by atoms with Gasteiger partial charge in [0.1, 0.15) is 0 Å². The maximum absolute atomic E-state index is 13.3. The van der Waals surface area contributed by atoms with Crippen LogP contribution in [0.25, 0.3) is 0 Å². The zero-order chi connectivity index (χ0) is 18.7. The van der Waals surface area contributed by atoms with E-state index in [4.69, 9.17) is 4.74 Å². The molecule has 0 aromatic heterocycles. The Morgan fingerprint density at radius 2 is 1.81 bits per heavy atom. The van der Waals surface area contributed by atoms with E-state index >= 15 is 0 Å². The maximum Gasteiger partial charge on any atom is 0.221 e. The second-order valence-electron chi connectivity index (χ2n) is 7.17. The monoisotopic (exact) mass is 362 g/mol. The van der Waals surface area contributed by atoms with Gasteiger partial charge in [0, 0.05) is 31.0 Å². The van der Waals surface area contributed by atoms with Crippen molar-refractivity contribution in [3.8, 4) is 5.75 Å². The molecule has 1 unspecified atom stereocenters. The quantitative estimate of drug-likeness (QED) is 0.720. The minimum Gasteiger partial charge on any atom is -0.468 e. The van der Waals surface area contributed by atoms with Crippen LogP contribution in [0.2, 0.25) is 0 Å². The minimum absolute atomic E-state index is 0.120. The van der Waals surface area contributed by atoms with Crippen molar-refractivity contribution in [1.29, 1.82) is 0 Å². The van der Waals surface area contributed by atoms with Crippen LogP contribution in [0, 0.1) is 0 Å². The van der Waals surface area contributed by atoms with Crippen LogP contribution in [0.4, 0.5) is 11.4 Å². The van der Waals surface area contributed by atoms with Gasteiger partial charge in [-0.2, -0.15) is 0 Å². The first-order valence-electron chi connectivity index (χ1n) is 9.16. The highest BCUT2D eigenvalue weighted by atomic mass is 16.5. The standard InChI is InChI=1S/C21H18N2O4/c1-11(24)22-14-10-15-21(27-16-8-4-5-9-23(15)16)18-17(14)19(25)12-6-2-3-7-13(12)20(18)26/h2-3,6-7,10,16H,4-5,8-9H2,1H3,(H,22,24). The Morgan fingerprint density at radius 3 is 2.52 bits per heavy atom. The highest BCUT2D eigenvalue weighted by Gasteiger charge is 2.42. The zero-order valence-corrected chi connectivity index (χ0v) is 14.9. The first-order chi connectivity index (χ1) is 13.1. The van der Waals surface area contributed by atoms with Gasteiger partial charge in [-0.1, -0.05) is 24.3 Å². The van der Waals surface area contributed by atoms with E-state index in [1.165, 1.54) is 6.92 Å². The van der Waals surface area contributed by atoms with Crippen LogP contribution in [0.5, 0.6) is 5.75 Å². The van der Waals surface area contributed by atoms with Crippen molar-refractivity contribution in [1.82, 2.24) is 0 Å². The summed E-state index contributed by atoms with van der Waals surface area (Å²) in [5.74, 6) is -0.312. The van der Waals surface area contributed by atoms with Gasteiger partial charge in [0.15, 0.2) is 23.5 Å². The van der Waals surface area contributed by atoms with E-state index in [2.05, 4.69) is 10.2 Å². The SMILES string of the molecule is CC(=O)Nc1cc2c(c3c1C(=O)c1ccccc1C3=O)OC1CCCCN21. The lowest BCUT2D eigenvalue weighted by Gasteiger charge is -2.29. The van der Waals surface area contributed by atoms with Crippen LogP contribution in [-0.4, -0.2) is 30.2 Å². The summed E-state index contributed by atoms with van der Waals surface area (Å²) >= 11 is 0. The van der Waals surface area contributed by atoms with E-state index in [1.807, 2.05) is 0 Å². The molecule has 27 heavy (non-hydrogen) atoms. The van der Waals surface area contributed by atoms with E-state index in [0.29, 0.717) is 22.6 Å². The minimum atomic E-state index is -0.287. The molecule has 0 radical (unpaired) electrons. The Morgan fingerprint density at radius 1 is 1.11 bits per heavy atom. The normalized spacial score (nSPS) is 19.6. The number of nitrogens with one attached hydrogen (secondary N) is 1. The van der Waals surface area contributed by atoms with E-state index < -0.39 is 0 Å². The van der Waals surface area contributed by atoms with Gasteiger partial charge in [-0.05, 0) is 18.9 Å². The molecule has 5 rings (SSSR count). The van der Waals surface area contributed by atoms with Gasteiger partial charge >= 0.3 is 0 Å². The summed E-state index contributed by atoms with van der Waals surface area (Å²) in [5, 5.41) is 2.75. The lowest BCUT2D eigenvalue weighted by atomic mass is 9.82. The van der Waals surface area contributed by atoms with Gasteiger partial charge in [0.05, 0.1) is 22.5 Å². The molecule has 2 heterocycles. The van der Waals surface area contributed by atoms with Gasteiger partial charge in [-0.15, -0.1) is 0 Å². The van der Waals surface area contributed by atoms with Crippen LogP contribution >= 0.6 is 0 Å². The number of anilines is 2. The van der Waals surface area contributed by atoms with Crippen molar-refractivity contribution in [3.63, 3.8) is 0 Å². The Labute approximate surface area is 156 Å². The number of ether oxygens (including phenoxy) is 1. The van der Waals surface area contributed by atoms with E-state index in [0.717, 1.165) is 31.5 Å². The highest BCUT2D eigenvalue weighted by Crippen LogP contribution is 2.49. The summed E-state index contributed by atoms with van der Waals surface area (Å²) in [6, 6.07) is 8.57. The lowest BCUT2D eigenvalue weighted by molar-refractivity contribution is -0.114. The number of hydrogen-bond acceptors (Lipinski definition) is 5. The molecule has 0 saturated carbocycles. The first-order valence-corrected chi connectivity index (χ1v) is 9.16. The van der Waals surface area contributed by atoms with Gasteiger partial charge < -0.3 is 15.0 Å². The Balaban J connectivity index is 1.78. The number of benzene rings is 2. The average molecular weight is 362 g/mol. The van der Waals surface area contributed by atoms with Crippen molar-refractivity contribution in [2.24, 2.45) is 0 Å². The molecule has 1 saturated heterocycles. The van der Waals surface area contributed by atoms with Gasteiger partial charge in [0.2, 0.25) is 5.91 Å². The fraction of sp³-hybridized carbons (Fsp3) is 0.286. The van der Waals surface area contributed by atoms with Gasteiger partial charge in [0.25, 0.3) is 0 Å². The van der Waals surface area contributed by atoms with Crippen molar-refractivity contribution in [2.45, 2.75) is 32.4 Å². The smallest absolute Gasteiger partial charge is 0.221 e.